The van der Waals surface area contributed by atoms with Crippen LogP contribution in [0.1, 0.15) is 18.1 Å². The minimum atomic E-state index is -0.310. The van der Waals surface area contributed by atoms with Crippen LogP contribution in [0, 0.1) is 5.82 Å². The second kappa shape index (κ2) is 6.25. The smallest absolute Gasteiger partial charge is 0.170 e. The first kappa shape index (κ1) is 14.1. The highest BCUT2D eigenvalue weighted by Gasteiger charge is 2.18. The van der Waals surface area contributed by atoms with Gasteiger partial charge in [-0.3, -0.25) is 4.90 Å². The molecule has 0 aromatic heterocycles. The summed E-state index contributed by atoms with van der Waals surface area (Å²) in [6.07, 6.45) is 0. The van der Waals surface area contributed by atoms with Crippen molar-refractivity contribution >= 4 is 17.6 Å². The molecule has 19 heavy (non-hydrogen) atoms. The second-order valence-corrected chi connectivity index (χ2v) is 6.25. The average Bonchev–Trinajstić information content (AvgIpc) is 2.40. The predicted octanol–water partition coefficient (Wildman–Crippen LogP) is 1.86. The van der Waals surface area contributed by atoms with Gasteiger partial charge in [-0.15, -0.1) is 0 Å². The molecule has 1 aromatic carbocycles. The van der Waals surface area contributed by atoms with E-state index < -0.39 is 0 Å². The van der Waals surface area contributed by atoms with Crippen LogP contribution in [0.5, 0.6) is 0 Å². The number of nitrogens with two attached hydrogens (primary N) is 1. The van der Waals surface area contributed by atoms with Gasteiger partial charge in [-0.25, -0.2) is 4.39 Å². The third-order valence-electron chi connectivity index (χ3n) is 3.18. The van der Waals surface area contributed by atoms with E-state index in [0.29, 0.717) is 22.9 Å². The Hall–Kier alpha value is -1.27. The molecule has 4 nitrogen and oxygen atoms in total. The van der Waals surface area contributed by atoms with Crippen LogP contribution in [-0.4, -0.2) is 40.0 Å². The maximum Gasteiger partial charge on any atom is 0.170 e. The summed E-state index contributed by atoms with van der Waals surface area (Å²) < 4.78 is 14.0. The van der Waals surface area contributed by atoms with Crippen molar-refractivity contribution in [2.75, 3.05) is 18.8 Å². The molecule has 1 heterocycles. The largest absolute Gasteiger partial charge is 0.409 e. The van der Waals surface area contributed by atoms with E-state index in [0.717, 1.165) is 18.8 Å². The molecule has 0 amide bonds. The molecule has 1 atom stereocenters. The third kappa shape index (κ3) is 3.61. The summed E-state index contributed by atoms with van der Waals surface area (Å²) in [5.74, 6) is 0.703. The van der Waals surface area contributed by atoms with Gasteiger partial charge in [0.25, 0.3) is 0 Å². The molecule has 2 rings (SSSR count). The van der Waals surface area contributed by atoms with Gasteiger partial charge in [0.2, 0.25) is 0 Å². The van der Waals surface area contributed by atoms with Crippen molar-refractivity contribution in [3.63, 3.8) is 0 Å². The molecule has 0 radical (unpaired) electrons. The molecule has 1 aromatic rings. The van der Waals surface area contributed by atoms with Crippen molar-refractivity contribution in [1.82, 2.24) is 4.90 Å². The zero-order chi connectivity index (χ0) is 13.8. The minimum absolute atomic E-state index is 0.0755. The lowest BCUT2D eigenvalue weighted by molar-refractivity contribution is 0.274. The van der Waals surface area contributed by atoms with E-state index in [-0.39, 0.29) is 11.7 Å². The molecule has 0 aliphatic carbocycles. The second-order valence-electron chi connectivity index (χ2n) is 4.71. The van der Waals surface area contributed by atoms with Crippen molar-refractivity contribution < 1.29 is 9.60 Å². The van der Waals surface area contributed by atoms with E-state index >= 15 is 0 Å². The van der Waals surface area contributed by atoms with Crippen molar-refractivity contribution in [1.29, 1.82) is 0 Å². The molecular weight excluding hydrogens is 265 g/mol. The zero-order valence-electron chi connectivity index (χ0n) is 10.8. The van der Waals surface area contributed by atoms with E-state index in [4.69, 9.17) is 10.9 Å². The Bertz CT molecular complexity index is 481. The van der Waals surface area contributed by atoms with Crippen LogP contribution in [0.15, 0.2) is 23.4 Å². The molecule has 1 unspecified atom stereocenters. The van der Waals surface area contributed by atoms with Crippen LogP contribution >= 0.6 is 11.8 Å². The van der Waals surface area contributed by atoms with Crippen molar-refractivity contribution in [2.45, 2.75) is 18.7 Å². The van der Waals surface area contributed by atoms with Gasteiger partial charge in [0.05, 0.1) is 0 Å². The highest BCUT2D eigenvalue weighted by Crippen LogP contribution is 2.20. The topological polar surface area (TPSA) is 61.8 Å². The fraction of sp³-hybridized carbons (Fsp3) is 0.462. The predicted molar refractivity (Wildman–Crippen MR) is 76.1 cm³/mol. The van der Waals surface area contributed by atoms with E-state index in [2.05, 4.69) is 17.0 Å². The number of rotatable bonds is 3. The Labute approximate surface area is 116 Å². The molecule has 3 N–H and O–H groups in total. The van der Waals surface area contributed by atoms with Gasteiger partial charge in [0.15, 0.2) is 5.84 Å². The fourth-order valence-electron chi connectivity index (χ4n) is 2.17. The molecule has 1 aliphatic heterocycles. The van der Waals surface area contributed by atoms with Crippen molar-refractivity contribution in [3.05, 3.63) is 35.1 Å². The quantitative estimate of drug-likeness (QED) is 0.385. The first-order chi connectivity index (χ1) is 9.10. The SMILES string of the molecule is CC1CN(Cc2ccc(/C(N)=N/O)cc2F)CCS1. The number of hydrogen-bond acceptors (Lipinski definition) is 4. The van der Waals surface area contributed by atoms with E-state index in [9.17, 15) is 4.39 Å². The summed E-state index contributed by atoms with van der Waals surface area (Å²) in [4.78, 5) is 2.25. The van der Waals surface area contributed by atoms with Crippen molar-refractivity contribution in [2.24, 2.45) is 10.9 Å². The summed E-state index contributed by atoms with van der Waals surface area (Å²) in [6, 6.07) is 4.69. The Morgan fingerprint density at radius 3 is 3.05 bits per heavy atom. The van der Waals surface area contributed by atoms with E-state index in [1.54, 1.807) is 12.1 Å². The maximum absolute atomic E-state index is 14.0. The first-order valence-corrected chi connectivity index (χ1v) is 7.25. The molecular formula is C13H18FN3OS. The fourth-order valence-corrected chi connectivity index (χ4v) is 3.25. The monoisotopic (exact) mass is 283 g/mol. The highest BCUT2D eigenvalue weighted by atomic mass is 32.2. The lowest BCUT2D eigenvalue weighted by Crippen LogP contribution is -2.36. The van der Waals surface area contributed by atoms with Crippen molar-refractivity contribution in [3.8, 4) is 0 Å². The minimum Gasteiger partial charge on any atom is -0.409 e. The normalized spacial score (nSPS) is 21.6. The van der Waals surface area contributed by atoms with Gasteiger partial charge >= 0.3 is 0 Å². The lowest BCUT2D eigenvalue weighted by atomic mass is 10.1. The van der Waals surface area contributed by atoms with Crippen LogP contribution in [0.25, 0.3) is 0 Å². The van der Waals surface area contributed by atoms with E-state index in [1.165, 1.54) is 6.07 Å². The Morgan fingerprint density at radius 1 is 1.63 bits per heavy atom. The van der Waals surface area contributed by atoms with Crippen LogP contribution in [-0.2, 0) is 6.54 Å². The summed E-state index contributed by atoms with van der Waals surface area (Å²) in [5.41, 5.74) is 6.48. The summed E-state index contributed by atoms with van der Waals surface area (Å²) >= 11 is 1.95. The van der Waals surface area contributed by atoms with Gasteiger partial charge in [-0.1, -0.05) is 24.2 Å². The number of amidine groups is 1. The first-order valence-electron chi connectivity index (χ1n) is 6.20. The van der Waals surface area contributed by atoms with Gasteiger partial charge in [0.1, 0.15) is 5.82 Å². The number of benzene rings is 1. The van der Waals surface area contributed by atoms with E-state index in [1.807, 2.05) is 11.8 Å². The lowest BCUT2D eigenvalue weighted by Gasteiger charge is -2.30. The molecule has 6 heteroatoms. The van der Waals surface area contributed by atoms with Crippen LogP contribution in [0.4, 0.5) is 4.39 Å². The molecule has 0 saturated carbocycles. The van der Waals surface area contributed by atoms with Crippen LogP contribution in [0.3, 0.4) is 0 Å². The summed E-state index contributed by atoms with van der Waals surface area (Å²) in [6.45, 7) is 4.75. The highest BCUT2D eigenvalue weighted by molar-refractivity contribution is 7.99. The van der Waals surface area contributed by atoms with Crippen LogP contribution in [0.2, 0.25) is 0 Å². The number of hydrogen-bond donors (Lipinski definition) is 2. The Morgan fingerprint density at radius 2 is 2.42 bits per heavy atom. The number of halogens is 1. The van der Waals surface area contributed by atoms with Gasteiger partial charge in [0, 0.05) is 41.8 Å². The third-order valence-corrected chi connectivity index (χ3v) is 4.31. The van der Waals surface area contributed by atoms with Gasteiger partial charge in [-0.05, 0) is 6.07 Å². The van der Waals surface area contributed by atoms with Crippen LogP contribution < -0.4 is 5.73 Å². The van der Waals surface area contributed by atoms with Gasteiger partial charge in [-0.2, -0.15) is 11.8 Å². The summed E-state index contributed by atoms with van der Waals surface area (Å²) in [7, 11) is 0. The molecule has 1 aliphatic rings. The Balaban J connectivity index is 2.09. The molecule has 1 saturated heterocycles. The molecule has 0 bridgehead atoms. The standard InChI is InChI=1S/C13H18FN3OS/c1-9-7-17(4-5-19-9)8-11-3-2-10(6-12(11)14)13(15)16-18/h2-3,6,9,18H,4-5,7-8H2,1H3,(H2,15,16). The summed E-state index contributed by atoms with van der Waals surface area (Å²) in [5, 5.41) is 12.0. The maximum atomic E-state index is 14.0. The molecule has 104 valence electrons. The zero-order valence-corrected chi connectivity index (χ0v) is 11.7. The number of oxime groups is 1. The average molecular weight is 283 g/mol. The Kier molecular flexibility index (Phi) is 4.66. The number of nitrogens with zero attached hydrogens (tertiary/aromatic N) is 2. The molecule has 1 fully saturated rings. The number of thioether (sulfide) groups is 1. The molecule has 0 spiro atoms. The van der Waals surface area contributed by atoms with Gasteiger partial charge < -0.3 is 10.9 Å².